The van der Waals surface area contributed by atoms with Crippen molar-refractivity contribution >= 4 is 0 Å². The first kappa shape index (κ1) is 14.9. The average molecular weight is 245 g/mol. The molecule has 1 fully saturated rings. The zero-order valence-electron chi connectivity index (χ0n) is 10.6. The molecule has 1 saturated heterocycles. The minimum absolute atomic E-state index is 0.189. The minimum atomic E-state index is 0.189. The topological polar surface area (TPSA) is 81.8 Å². The van der Waals surface area contributed by atoms with Crippen molar-refractivity contribution in [3.05, 3.63) is 0 Å². The number of nitrogens with two attached hydrogens (primary N) is 1. The smallest absolute Gasteiger partial charge is 0.0556 e. The van der Waals surface area contributed by atoms with Gasteiger partial charge in [-0.3, -0.25) is 0 Å². The first-order valence-corrected chi connectivity index (χ1v) is 6.67. The number of aliphatic hydroxyl groups is 2. The van der Waals surface area contributed by atoms with Crippen LogP contribution < -0.4 is 11.1 Å². The van der Waals surface area contributed by atoms with Gasteiger partial charge in [0.1, 0.15) is 0 Å². The van der Waals surface area contributed by atoms with Crippen LogP contribution in [0.15, 0.2) is 0 Å². The van der Waals surface area contributed by atoms with Gasteiger partial charge in [0.05, 0.1) is 6.61 Å². The number of hydrogen-bond donors (Lipinski definition) is 4. The lowest BCUT2D eigenvalue weighted by atomic mass is 9.90. The predicted octanol–water partition coefficient (Wildman–Crippen LogP) is -1.01. The Morgan fingerprint density at radius 1 is 1.24 bits per heavy atom. The third-order valence-corrected chi connectivity index (χ3v) is 3.37. The van der Waals surface area contributed by atoms with Gasteiger partial charge in [-0.1, -0.05) is 0 Å². The fraction of sp³-hybridized carbons (Fsp3) is 1.00. The van der Waals surface area contributed by atoms with Gasteiger partial charge < -0.3 is 26.2 Å². The third kappa shape index (κ3) is 5.79. The van der Waals surface area contributed by atoms with Crippen molar-refractivity contribution in [2.75, 3.05) is 45.9 Å². The quantitative estimate of drug-likeness (QED) is 0.440. The fourth-order valence-corrected chi connectivity index (χ4v) is 2.67. The molecule has 0 spiro atoms. The summed E-state index contributed by atoms with van der Waals surface area (Å²) in [6, 6.07) is 0.450. The summed E-state index contributed by atoms with van der Waals surface area (Å²) in [6.07, 6.45) is 3.10. The van der Waals surface area contributed by atoms with E-state index in [4.69, 9.17) is 15.9 Å². The van der Waals surface area contributed by atoms with Crippen molar-refractivity contribution < 1.29 is 10.2 Å². The average Bonchev–Trinajstić information content (AvgIpc) is 2.34. The van der Waals surface area contributed by atoms with Gasteiger partial charge in [-0.25, -0.2) is 0 Å². The summed E-state index contributed by atoms with van der Waals surface area (Å²) < 4.78 is 0. The zero-order chi connectivity index (χ0) is 12.5. The maximum Gasteiger partial charge on any atom is 0.0556 e. The summed E-state index contributed by atoms with van der Waals surface area (Å²) in [5, 5.41) is 21.1. The summed E-state index contributed by atoms with van der Waals surface area (Å²) >= 11 is 0. The third-order valence-electron chi connectivity index (χ3n) is 3.37. The number of hydrogen-bond acceptors (Lipinski definition) is 5. The van der Waals surface area contributed by atoms with Crippen LogP contribution in [-0.4, -0.2) is 67.1 Å². The lowest BCUT2D eigenvalue weighted by Gasteiger charge is -2.38. The van der Waals surface area contributed by atoms with Crippen LogP contribution in [0.1, 0.15) is 19.3 Å². The van der Waals surface area contributed by atoms with Crippen LogP contribution in [0.4, 0.5) is 0 Å². The van der Waals surface area contributed by atoms with Crippen molar-refractivity contribution in [3.8, 4) is 0 Å². The molecule has 102 valence electrons. The van der Waals surface area contributed by atoms with Crippen LogP contribution in [0, 0.1) is 5.92 Å². The Hall–Kier alpha value is -0.200. The van der Waals surface area contributed by atoms with Crippen LogP contribution >= 0.6 is 0 Å². The van der Waals surface area contributed by atoms with Gasteiger partial charge in [0.25, 0.3) is 0 Å². The largest absolute Gasteiger partial charge is 0.396 e. The Labute approximate surface area is 104 Å². The second-order valence-electron chi connectivity index (χ2n) is 4.89. The minimum Gasteiger partial charge on any atom is -0.396 e. The molecule has 0 amide bonds. The molecule has 1 aliphatic heterocycles. The second-order valence-corrected chi connectivity index (χ2v) is 4.89. The molecule has 0 radical (unpaired) electrons. The molecule has 5 heteroatoms. The number of aliphatic hydroxyl groups excluding tert-OH is 2. The van der Waals surface area contributed by atoms with E-state index in [1.165, 1.54) is 0 Å². The zero-order valence-corrected chi connectivity index (χ0v) is 10.6. The Kier molecular flexibility index (Phi) is 7.72. The van der Waals surface area contributed by atoms with Crippen molar-refractivity contribution in [1.29, 1.82) is 0 Å². The van der Waals surface area contributed by atoms with Crippen molar-refractivity contribution in [2.45, 2.75) is 25.3 Å². The molecule has 1 rings (SSSR count). The summed E-state index contributed by atoms with van der Waals surface area (Å²) in [5.74, 6) is 0.638. The molecule has 0 aromatic heterocycles. The summed E-state index contributed by atoms with van der Waals surface area (Å²) in [4.78, 5) is 2.39. The van der Waals surface area contributed by atoms with E-state index in [1.807, 2.05) is 0 Å². The second kappa shape index (κ2) is 8.83. The number of nitrogens with one attached hydrogen (secondary N) is 1. The SMILES string of the molecule is NCCN1CC(CCCO)CC(NCCO)C1. The molecule has 0 aromatic carbocycles. The molecule has 2 atom stereocenters. The van der Waals surface area contributed by atoms with Gasteiger partial charge in [0.15, 0.2) is 0 Å². The molecule has 17 heavy (non-hydrogen) atoms. The van der Waals surface area contributed by atoms with E-state index in [1.54, 1.807) is 0 Å². The lowest BCUT2D eigenvalue weighted by Crippen LogP contribution is -2.50. The fourth-order valence-electron chi connectivity index (χ4n) is 2.67. The van der Waals surface area contributed by atoms with E-state index in [9.17, 15) is 0 Å². The molecule has 0 bridgehead atoms. The lowest BCUT2D eigenvalue weighted by molar-refractivity contribution is 0.129. The Balaban J connectivity index is 2.37. The summed E-state index contributed by atoms with van der Waals surface area (Å²) in [6.45, 7) is 4.87. The van der Waals surface area contributed by atoms with Crippen molar-refractivity contribution in [3.63, 3.8) is 0 Å². The van der Waals surface area contributed by atoms with Gasteiger partial charge in [0, 0.05) is 45.4 Å². The van der Waals surface area contributed by atoms with Gasteiger partial charge >= 0.3 is 0 Å². The van der Waals surface area contributed by atoms with Crippen LogP contribution in [0.2, 0.25) is 0 Å². The molecular formula is C12H27N3O2. The molecule has 1 aliphatic rings. The van der Waals surface area contributed by atoms with E-state index in [-0.39, 0.29) is 13.2 Å². The molecule has 0 saturated carbocycles. The van der Waals surface area contributed by atoms with E-state index < -0.39 is 0 Å². The van der Waals surface area contributed by atoms with Crippen LogP contribution in [-0.2, 0) is 0 Å². The normalized spacial score (nSPS) is 26.3. The molecular weight excluding hydrogens is 218 g/mol. The predicted molar refractivity (Wildman–Crippen MR) is 68.8 cm³/mol. The Morgan fingerprint density at radius 3 is 2.71 bits per heavy atom. The monoisotopic (exact) mass is 245 g/mol. The molecule has 5 nitrogen and oxygen atoms in total. The van der Waals surface area contributed by atoms with Gasteiger partial charge in [-0.05, 0) is 25.2 Å². The van der Waals surface area contributed by atoms with Crippen molar-refractivity contribution in [2.24, 2.45) is 11.7 Å². The van der Waals surface area contributed by atoms with E-state index in [0.29, 0.717) is 25.0 Å². The van der Waals surface area contributed by atoms with Crippen LogP contribution in [0.5, 0.6) is 0 Å². The number of likely N-dealkylation sites (tertiary alicyclic amines) is 1. The molecule has 0 aliphatic carbocycles. The Bertz CT molecular complexity index is 177. The maximum atomic E-state index is 8.89. The molecule has 2 unspecified atom stereocenters. The Morgan fingerprint density at radius 2 is 2.06 bits per heavy atom. The van der Waals surface area contributed by atoms with Gasteiger partial charge in [-0.2, -0.15) is 0 Å². The highest BCUT2D eigenvalue weighted by atomic mass is 16.3. The highest BCUT2D eigenvalue weighted by Gasteiger charge is 2.25. The first-order valence-electron chi connectivity index (χ1n) is 6.67. The van der Waals surface area contributed by atoms with E-state index in [2.05, 4.69) is 10.2 Å². The molecule has 5 N–H and O–H groups in total. The summed E-state index contributed by atoms with van der Waals surface area (Å²) in [7, 11) is 0. The highest BCUT2D eigenvalue weighted by molar-refractivity contribution is 4.83. The standard InChI is InChI=1S/C12H27N3O2/c13-3-5-15-9-11(2-1-6-16)8-12(10-15)14-4-7-17/h11-12,14,16-17H,1-10,13H2. The van der Waals surface area contributed by atoms with E-state index in [0.717, 1.165) is 38.9 Å². The number of rotatable bonds is 8. The van der Waals surface area contributed by atoms with Crippen LogP contribution in [0.3, 0.4) is 0 Å². The van der Waals surface area contributed by atoms with E-state index >= 15 is 0 Å². The van der Waals surface area contributed by atoms with Gasteiger partial charge in [-0.15, -0.1) is 0 Å². The van der Waals surface area contributed by atoms with Crippen molar-refractivity contribution in [1.82, 2.24) is 10.2 Å². The maximum absolute atomic E-state index is 8.89. The number of piperidine rings is 1. The molecule has 0 aromatic rings. The molecule has 1 heterocycles. The summed E-state index contributed by atoms with van der Waals surface area (Å²) in [5.41, 5.74) is 5.61. The first-order chi connectivity index (χ1) is 8.30. The van der Waals surface area contributed by atoms with Gasteiger partial charge in [0.2, 0.25) is 0 Å². The highest BCUT2D eigenvalue weighted by Crippen LogP contribution is 2.21. The van der Waals surface area contributed by atoms with Crippen LogP contribution in [0.25, 0.3) is 0 Å². The number of nitrogens with zero attached hydrogens (tertiary/aromatic N) is 1.